The highest BCUT2D eigenvalue weighted by Gasteiger charge is 2.13. The zero-order valence-corrected chi connectivity index (χ0v) is 13.6. The average molecular weight is 332 g/mol. The van der Waals surface area contributed by atoms with Crippen LogP contribution in [0.5, 0.6) is 23.0 Å². The van der Waals surface area contributed by atoms with E-state index < -0.39 is 5.97 Å². The van der Waals surface area contributed by atoms with E-state index in [0.717, 1.165) is 0 Å². The first-order chi connectivity index (χ1) is 11.5. The Morgan fingerprint density at radius 3 is 2.00 bits per heavy atom. The number of rotatable bonds is 8. The number of carboxylic acid groups (broad SMARTS) is 1. The summed E-state index contributed by atoms with van der Waals surface area (Å²) >= 11 is 0. The van der Waals surface area contributed by atoms with Crippen LogP contribution in [0.1, 0.15) is 29.8 Å². The first-order valence-electron chi connectivity index (χ1n) is 7.62. The van der Waals surface area contributed by atoms with E-state index in [1.165, 1.54) is 6.07 Å². The lowest BCUT2D eigenvalue weighted by Crippen LogP contribution is -2.02. The Bertz CT molecular complexity index is 686. The molecule has 6 heteroatoms. The Morgan fingerprint density at radius 1 is 0.958 bits per heavy atom. The van der Waals surface area contributed by atoms with Crippen molar-refractivity contribution >= 4 is 5.97 Å². The summed E-state index contributed by atoms with van der Waals surface area (Å²) in [7, 11) is 0. The molecule has 0 atom stereocenters. The Morgan fingerprint density at radius 2 is 1.50 bits per heavy atom. The summed E-state index contributed by atoms with van der Waals surface area (Å²) in [6.07, 6.45) is 0. The maximum absolute atomic E-state index is 11.0. The molecule has 6 nitrogen and oxygen atoms in total. The third-order valence-electron chi connectivity index (χ3n) is 3.22. The second-order valence-electron chi connectivity index (χ2n) is 4.91. The predicted octanol–water partition coefficient (Wildman–Crippen LogP) is 3.47. The lowest BCUT2D eigenvalue weighted by molar-refractivity contribution is 0.0693. The lowest BCUT2D eigenvalue weighted by Gasteiger charge is -2.13. The van der Waals surface area contributed by atoms with Gasteiger partial charge in [-0.15, -0.1) is 0 Å². The van der Waals surface area contributed by atoms with E-state index in [0.29, 0.717) is 36.0 Å². The highest BCUT2D eigenvalue weighted by Crippen LogP contribution is 2.30. The molecule has 0 aliphatic carbocycles. The van der Waals surface area contributed by atoms with Crippen molar-refractivity contribution < 1.29 is 29.2 Å². The fourth-order valence-electron chi connectivity index (χ4n) is 2.17. The van der Waals surface area contributed by atoms with Gasteiger partial charge in [-0.3, -0.25) is 0 Å². The fourth-order valence-corrected chi connectivity index (χ4v) is 2.17. The molecule has 0 spiro atoms. The summed E-state index contributed by atoms with van der Waals surface area (Å²) in [4.78, 5) is 11.0. The summed E-state index contributed by atoms with van der Waals surface area (Å²) < 4.78 is 16.6. The topological polar surface area (TPSA) is 85.2 Å². The molecule has 0 aliphatic rings. The SMILES string of the molecule is CCOc1cc(OCC)cc(OCc2cccc(C(=O)O)c2O)c1. The van der Waals surface area contributed by atoms with Gasteiger partial charge in [-0.2, -0.15) is 0 Å². The lowest BCUT2D eigenvalue weighted by atomic mass is 10.1. The van der Waals surface area contributed by atoms with E-state index in [1.807, 2.05) is 13.8 Å². The minimum atomic E-state index is -1.19. The summed E-state index contributed by atoms with van der Waals surface area (Å²) in [5.74, 6) is 0.246. The number of carbonyl (C=O) groups is 1. The Balaban J connectivity index is 2.19. The summed E-state index contributed by atoms with van der Waals surface area (Å²) in [5, 5.41) is 19.0. The molecule has 2 aromatic carbocycles. The molecule has 0 aliphatic heterocycles. The van der Waals surface area contributed by atoms with Crippen molar-refractivity contribution in [1.82, 2.24) is 0 Å². The maximum Gasteiger partial charge on any atom is 0.339 e. The van der Waals surface area contributed by atoms with E-state index in [4.69, 9.17) is 19.3 Å². The monoisotopic (exact) mass is 332 g/mol. The number of benzene rings is 2. The van der Waals surface area contributed by atoms with Crippen molar-refractivity contribution in [1.29, 1.82) is 0 Å². The van der Waals surface area contributed by atoms with Gasteiger partial charge >= 0.3 is 5.97 Å². The highest BCUT2D eigenvalue weighted by molar-refractivity contribution is 5.91. The van der Waals surface area contributed by atoms with E-state index in [-0.39, 0.29) is 17.9 Å². The van der Waals surface area contributed by atoms with Crippen LogP contribution in [0.4, 0.5) is 0 Å². The molecule has 0 saturated carbocycles. The van der Waals surface area contributed by atoms with E-state index >= 15 is 0 Å². The average Bonchev–Trinajstić information content (AvgIpc) is 2.54. The molecule has 2 aromatic rings. The first-order valence-corrected chi connectivity index (χ1v) is 7.62. The number of hydrogen-bond acceptors (Lipinski definition) is 5. The zero-order valence-electron chi connectivity index (χ0n) is 13.6. The van der Waals surface area contributed by atoms with Gasteiger partial charge in [0.25, 0.3) is 0 Å². The van der Waals surface area contributed by atoms with Crippen molar-refractivity contribution in [3.8, 4) is 23.0 Å². The normalized spacial score (nSPS) is 10.2. The number of carboxylic acids is 1. The van der Waals surface area contributed by atoms with Crippen LogP contribution in [0.2, 0.25) is 0 Å². The van der Waals surface area contributed by atoms with E-state index in [2.05, 4.69) is 0 Å². The van der Waals surface area contributed by atoms with Gasteiger partial charge in [0.1, 0.15) is 35.2 Å². The molecule has 0 saturated heterocycles. The van der Waals surface area contributed by atoms with Crippen molar-refractivity contribution in [2.45, 2.75) is 20.5 Å². The molecule has 128 valence electrons. The van der Waals surface area contributed by atoms with E-state index in [9.17, 15) is 9.90 Å². The third kappa shape index (κ3) is 4.32. The second kappa shape index (κ2) is 8.10. The molecule has 0 unspecified atom stereocenters. The number of hydrogen-bond donors (Lipinski definition) is 2. The van der Waals surface area contributed by atoms with Gasteiger partial charge in [0.2, 0.25) is 0 Å². The number of aromatic hydroxyl groups is 1. The van der Waals surface area contributed by atoms with Gasteiger partial charge < -0.3 is 24.4 Å². The summed E-state index contributed by atoms with van der Waals surface area (Å²) in [6.45, 7) is 4.80. The first kappa shape index (κ1) is 17.5. The molecule has 0 radical (unpaired) electrons. The van der Waals surface area contributed by atoms with Crippen molar-refractivity contribution in [2.24, 2.45) is 0 Å². The minimum absolute atomic E-state index is 0.0219. The summed E-state index contributed by atoms with van der Waals surface area (Å²) in [6, 6.07) is 9.70. The molecule has 0 heterocycles. The predicted molar refractivity (Wildman–Crippen MR) is 88.2 cm³/mol. The number of phenols is 1. The van der Waals surface area contributed by atoms with Gasteiger partial charge in [0, 0.05) is 23.8 Å². The second-order valence-corrected chi connectivity index (χ2v) is 4.91. The van der Waals surface area contributed by atoms with Gasteiger partial charge in [-0.05, 0) is 19.9 Å². The number of ether oxygens (including phenoxy) is 3. The highest BCUT2D eigenvalue weighted by atomic mass is 16.5. The molecule has 2 rings (SSSR count). The third-order valence-corrected chi connectivity index (χ3v) is 3.22. The number of aromatic carboxylic acids is 1. The molecular formula is C18H20O6. The molecule has 0 aromatic heterocycles. The minimum Gasteiger partial charge on any atom is -0.507 e. The van der Waals surface area contributed by atoms with Crippen LogP contribution in [0.25, 0.3) is 0 Å². The maximum atomic E-state index is 11.0. The quantitative estimate of drug-likeness (QED) is 0.770. The van der Waals surface area contributed by atoms with Crippen LogP contribution < -0.4 is 14.2 Å². The molecule has 0 bridgehead atoms. The van der Waals surface area contributed by atoms with Gasteiger partial charge in [-0.25, -0.2) is 4.79 Å². The molecule has 0 fully saturated rings. The van der Waals surface area contributed by atoms with Gasteiger partial charge in [-0.1, -0.05) is 12.1 Å². The van der Waals surface area contributed by atoms with E-state index in [1.54, 1.807) is 30.3 Å². The van der Waals surface area contributed by atoms with Crippen LogP contribution in [0.3, 0.4) is 0 Å². The zero-order chi connectivity index (χ0) is 17.5. The van der Waals surface area contributed by atoms with Crippen LogP contribution in [0, 0.1) is 0 Å². The number of para-hydroxylation sites is 1. The Kier molecular flexibility index (Phi) is 5.89. The summed E-state index contributed by atoms with van der Waals surface area (Å²) in [5.41, 5.74) is 0.226. The molecular weight excluding hydrogens is 312 g/mol. The molecule has 24 heavy (non-hydrogen) atoms. The van der Waals surface area contributed by atoms with Crippen molar-refractivity contribution in [3.05, 3.63) is 47.5 Å². The van der Waals surface area contributed by atoms with Crippen molar-refractivity contribution in [2.75, 3.05) is 13.2 Å². The molecule has 2 N–H and O–H groups in total. The van der Waals surface area contributed by atoms with Crippen LogP contribution >= 0.6 is 0 Å². The fraction of sp³-hybridized carbons (Fsp3) is 0.278. The van der Waals surface area contributed by atoms with Crippen LogP contribution in [0.15, 0.2) is 36.4 Å². The Hall–Kier alpha value is -2.89. The smallest absolute Gasteiger partial charge is 0.339 e. The largest absolute Gasteiger partial charge is 0.507 e. The van der Waals surface area contributed by atoms with Gasteiger partial charge in [0.15, 0.2) is 0 Å². The Labute approximate surface area is 140 Å². The van der Waals surface area contributed by atoms with Crippen LogP contribution in [-0.2, 0) is 6.61 Å². The molecule has 0 amide bonds. The van der Waals surface area contributed by atoms with Crippen LogP contribution in [-0.4, -0.2) is 29.4 Å². The van der Waals surface area contributed by atoms with Gasteiger partial charge in [0.05, 0.1) is 13.2 Å². The van der Waals surface area contributed by atoms with Crippen molar-refractivity contribution in [3.63, 3.8) is 0 Å². The standard InChI is InChI=1S/C18H20O6/c1-3-22-13-8-14(23-4-2)10-15(9-13)24-11-12-6-5-7-16(17(12)19)18(20)21/h5-10,19H,3-4,11H2,1-2H3,(H,20,21).